The third kappa shape index (κ3) is 2.77. The lowest BCUT2D eigenvalue weighted by Gasteiger charge is -2.44. The molecule has 0 spiro atoms. The zero-order chi connectivity index (χ0) is 14.8. The van der Waals surface area contributed by atoms with Crippen molar-refractivity contribution >= 4 is 0 Å². The molecule has 20 heavy (non-hydrogen) atoms. The minimum absolute atomic E-state index is 0.0557. The number of methoxy groups -OCH3 is 1. The Bertz CT molecular complexity index is 447. The first-order chi connectivity index (χ1) is 9.54. The van der Waals surface area contributed by atoms with Crippen LogP contribution in [0.3, 0.4) is 0 Å². The first-order valence-corrected chi connectivity index (χ1v) is 7.82. The Hall–Kier alpha value is -0.860. The maximum absolute atomic E-state index is 6.07. The van der Waals surface area contributed by atoms with Crippen LogP contribution in [0.25, 0.3) is 0 Å². The van der Waals surface area contributed by atoms with Gasteiger partial charge in [0.1, 0.15) is 0 Å². The molecule has 1 aromatic carbocycles. The summed E-state index contributed by atoms with van der Waals surface area (Å²) in [6.07, 6.45) is 4.81. The van der Waals surface area contributed by atoms with Crippen molar-refractivity contribution in [1.82, 2.24) is 5.32 Å². The van der Waals surface area contributed by atoms with Crippen LogP contribution in [0.1, 0.15) is 55.3 Å². The van der Waals surface area contributed by atoms with E-state index in [1.54, 1.807) is 0 Å². The van der Waals surface area contributed by atoms with Crippen LogP contribution in [0, 0.1) is 19.8 Å². The maximum Gasteiger partial charge on any atom is 0.0872 e. The zero-order valence-corrected chi connectivity index (χ0v) is 13.6. The van der Waals surface area contributed by atoms with E-state index >= 15 is 0 Å². The normalized spacial score (nSPS) is 28.4. The summed E-state index contributed by atoms with van der Waals surface area (Å²) in [4.78, 5) is 0. The molecule has 1 unspecified atom stereocenters. The van der Waals surface area contributed by atoms with Crippen molar-refractivity contribution in [2.75, 3.05) is 14.2 Å². The standard InChI is InChI=1S/C18H29NO/c1-13-9-11-18(20-5,12-10-13)17(19-4)16-8-6-7-14(2)15(16)3/h6-8,13,17,19H,9-12H2,1-5H3. The summed E-state index contributed by atoms with van der Waals surface area (Å²) in [5, 5.41) is 3.54. The molecule has 0 amide bonds. The van der Waals surface area contributed by atoms with Gasteiger partial charge in [0.05, 0.1) is 11.6 Å². The van der Waals surface area contributed by atoms with Gasteiger partial charge in [-0.05, 0) is 69.2 Å². The molecule has 2 heteroatoms. The van der Waals surface area contributed by atoms with E-state index in [2.05, 4.69) is 51.3 Å². The van der Waals surface area contributed by atoms with Crippen molar-refractivity contribution in [3.8, 4) is 0 Å². The SMILES string of the molecule is CNC(c1cccc(C)c1C)C1(OC)CCC(C)CC1. The average molecular weight is 275 g/mol. The van der Waals surface area contributed by atoms with Gasteiger partial charge in [-0.1, -0.05) is 25.1 Å². The van der Waals surface area contributed by atoms with Crippen molar-refractivity contribution in [1.29, 1.82) is 0 Å². The van der Waals surface area contributed by atoms with Crippen molar-refractivity contribution in [3.05, 3.63) is 34.9 Å². The molecule has 1 fully saturated rings. The number of likely N-dealkylation sites (N-methyl/N-ethyl adjacent to an activating group) is 1. The molecule has 0 radical (unpaired) electrons. The number of nitrogens with one attached hydrogen (secondary N) is 1. The summed E-state index contributed by atoms with van der Waals surface area (Å²) >= 11 is 0. The quantitative estimate of drug-likeness (QED) is 0.891. The highest BCUT2D eigenvalue weighted by atomic mass is 16.5. The second-order valence-electron chi connectivity index (χ2n) is 6.46. The van der Waals surface area contributed by atoms with Crippen molar-refractivity contribution in [2.45, 2.75) is 58.1 Å². The predicted octanol–water partition coefficient (Wildman–Crippen LogP) is 4.16. The molecule has 1 aromatic rings. The predicted molar refractivity (Wildman–Crippen MR) is 85.1 cm³/mol. The Morgan fingerprint density at radius 2 is 1.90 bits per heavy atom. The Labute approximate surface area is 123 Å². The Kier molecular flexibility index (Phi) is 4.87. The lowest BCUT2D eigenvalue weighted by atomic mass is 9.72. The van der Waals surface area contributed by atoms with Gasteiger partial charge in [-0.15, -0.1) is 0 Å². The third-order valence-corrected chi connectivity index (χ3v) is 5.30. The van der Waals surface area contributed by atoms with Crippen LogP contribution in [0.15, 0.2) is 18.2 Å². The van der Waals surface area contributed by atoms with E-state index in [1.807, 2.05) is 7.11 Å². The van der Waals surface area contributed by atoms with Crippen LogP contribution >= 0.6 is 0 Å². The van der Waals surface area contributed by atoms with Gasteiger partial charge < -0.3 is 10.1 Å². The van der Waals surface area contributed by atoms with E-state index in [0.717, 1.165) is 18.8 Å². The fourth-order valence-electron chi connectivity index (χ4n) is 3.65. The van der Waals surface area contributed by atoms with Gasteiger partial charge in [0.25, 0.3) is 0 Å². The first-order valence-electron chi connectivity index (χ1n) is 7.82. The van der Waals surface area contributed by atoms with E-state index in [1.165, 1.54) is 29.5 Å². The van der Waals surface area contributed by atoms with E-state index in [4.69, 9.17) is 4.74 Å². The average Bonchev–Trinajstić information content (AvgIpc) is 2.46. The van der Waals surface area contributed by atoms with Crippen molar-refractivity contribution < 1.29 is 4.74 Å². The number of hydrogen-bond donors (Lipinski definition) is 1. The second kappa shape index (κ2) is 6.28. The van der Waals surface area contributed by atoms with Crippen molar-refractivity contribution in [3.63, 3.8) is 0 Å². The number of hydrogen-bond acceptors (Lipinski definition) is 2. The number of ether oxygens (including phenoxy) is 1. The molecule has 0 saturated heterocycles. The van der Waals surface area contributed by atoms with Gasteiger partial charge >= 0.3 is 0 Å². The highest BCUT2D eigenvalue weighted by molar-refractivity contribution is 5.37. The molecule has 0 aromatic heterocycles. The van der Waals surface area contributed by atoms with Gasteiger partial charge in [0.15, 0.2) is 0 Å². The van der Waals surface area contributed by atoms with Gasteiger partial charge in [-0.2, -0.15) is 0 Å². The molecule has 2 rings (SSSR count). The van der Waals surface area contributed by atoms with Crippen LogP contribution in [0.5, 0.6) is 0 Å². The highest BCUT2D eigenvalue weighted by Gasteiger charge is 2.42. The smallest absolute Gasteiger partial charge is 0.0872 e. The molecular formula is C18H29NO. The molecule has 2 nitrogen and oxygen atoms in total. The third-order valence-electron chi connectivity index (χ3n) is 5.30. The summed E-state index contributed by atoms with van der Waals surface area (Å²) in [6.45, 7) is 6.77. The Morgan fingerprint density at radius 1 is 1.25 bits per heavy atom. The first kappa shape index (κ1) is 15.5. The number of rotatable bonds is 4. The molecule has 0 heterocycles. The summed E-state index contributed by atoms with van der Waals surface area (Å²) in [6, 6.07) is 6.88. The van der Waals surface area contributed by atoms with Gasteiger partial charge in [0.2, 0.25) is 0 Å². The molecule has 1 aliphatic rings. The van der Waals surface area contributed by atoms with Gasteiger partial charge in [-0.3, -0.25) is 0 Å². The summed E-state index contributed by atoms with van der Waals surface area (Å²) in [5.41, 5.74) is 4.09. The molecule has 1 atom stereocenters. The van der Waals surface area contributed by atoms with Crippen LogP contribution in [-0.4, -0.2) is 19.8 Å². The molecule has 112 valence electrons. The largest absolute Gasteiger partial charge is 0.376 e. The summed E-state index contributed by atoms with van der Waals surface area (Å²) in [7, 11) is 3.94. The molecular weight excluding hydrogens is 246 g/mol. The van der Waals surface area contributed by atoms with E-state index < -0.39 is 0 Å². The number of aryl methyl sites for hydroxylation is 1. The minimum atomic E-state index is -0.0557. The molecule has 0 bridgehead atoms. The van der Waals surface area contributed by atoms with Crippen LogP contribution in [0.2, 0.25) is 0 Å². The van der Waals surface area contributed by atoms with Crippen molar-refractivity contribution in [2.24, 2.45) is 5.92 Å². The fourth-order valence-corrected chi connectivity index (χ4v) is 3.65. The minimum Gasteiger partial charge on any atom is -0.376 e. The van der Waals surface area contributed by atoms with Crippen LogP contribution < -0.4 is 5.32 Å². The second-order valence-corrected chi connectivity index (χ2v) is 6.46. The molecule has 1 N–H and O–H groups in total. The topological polar surface area (TPSA) is 21.3 Å². The summed E-state index contributed by atoms with van der Waals surface area (Å²) < 4.78 is 6.07. The molecule has 0 aliphatic heterocycles. The lowest BCUT2D eigenvalue weighted by molar-refractivity contribution is -0.0746. The Balaban J connectivity index is 2.37. The van der Waals surface area contributed by atoms with Gasteiger partial charge in [-0.25, -0.2) is 0 Å². The van der Waals surface area contributed by atoms with Gasteiger partial charge in [0, 0.05) is 7.11 Å². The number of benzene rings is 1. The molecule has 1 saturated carbocycles. The highest BCUT2D eigenvalue weighted by Crippen LogP contribution is 2.43. The monoisotopic (exact) mass is 275 g/mol. The van der Waals surface area contributed by atoms with Crippen LogP contribution in [-0.2, 0) is 4.74 Å². The summed E-state index contributed by atoms with van der Waals surface area (Å²) in [5.74, 6) is 0.828. The van der Waals surface area contributed by atoms with E-state index in [-0.39, 0.29) is 11.6 Å². The maximum atomic E-state index is 6.07. The fraction of sp³-hybridized carbons (Fsp3) is 0.667. The van der Waals surface area contributed by atoms with E-state index in [9.17, 15) is 0 Å². The zero-order valence-electron chi connectivity index (χ0n) is 13.6. The molecule has 1 aliphatic carbocycles. The Morgan fingerprint density at radius 3 is 2.45 bits per heavy atom. The van der Waals surface area contributed by atoms with E-state index in [0.29, 0.717) is 0 Å². The lowest BCUT2D eigenvalue weighted by Crippen LogP contribution is -2.47. The van der Waals surface area contributed by atoms with Crippen LogP contribution in [0.4, 0.5) is 0 Å².